The third-order valence-corrected chi connectivity index (χ3v) is 6.43. The van der Waals surface area contributed by atoms with Gasteiger partial charge in [0, 0.05) is 48.4 Å². The van der Waals surface area contributed by atoms with E-state index in [0.717, 1.165) is 56.3 Å². The molecular formula is C28H35N5O3. The molecule has 190 valence electrons. The van der Waals surface area contributed by atoms with Crippen molar-refractivity contribution in [2.45, 2.75) is 52.1 Å². The fourth-order valence-corrected chi connectivity index (χ4v) is 4.47. The maximum Gasteiger partial charge on any atom is 0.273 e. The Morgan fingerprint density at radius 1 is 1.03 bits per heavy atom. The van der Waals surface area contributed by atoms with E-state index in [1.807, 2.05) is 36.1 Å². The SMILES string of the molecule is CCCN(OCc1ccc(N)cc1)C(=O)C1=Cc2ccc(C(=O)N3CCCCCC3)cc2N=C(N)C1. The lowest BCUT2D eigenvalue weighted by Crippen LogP contribution is -2.34. The van der Waals surface area contributed by atoms with E-state index in [9.17, 15) is 9.59 Å². The summed E-state index contributed by atoms with van der Waals surface area (Å²) in [7, 11) is 0. The number of nitrogens with two attached hydrogens (primary N) is 2. The average Bonchev–Trinajstić information content (AvgIpc) is 3.25. The van der Waals surface area contributed by atoms with Gasteiger partial charge in [-0.2, -0.15) is 0 Å². The highest BCUT2D eigenvalue weighted by Gasteiger charge is 2.24. The van der Waals surface area contributed by atoms with Crippen LogP contribution in [0.5, 0.6) is 0 Å². The zero-order valence-electron chi connectivity index (χ0n) is 20.9. The zero-order chi connectivity index (χ0) is 25.5. The van der Waals surface area contributed by atoms with Crippen molar-refractivity contribution >= 4 is 35.1 Å². The Bertz CT molecular complexity index is 1150. The normalized spacial score (nSPS) is 15.8. The lowest BCUT2D eigenvalue weighted by atomic mass is 10.0. The van der Waals surface area contributed by atoms with Crippen LogP contribution >= 0.6 is 0 Å². The molecule has 0 bridgehead atoms. The number of hydroxylamine groups is 2. The molecule has 2 heterocycles. The number of nitrogen functional groups attached to an aromatic ring is 1. The van der Waals surface area contributed by atoms with Crippen molar-refractivity contribution in [1.82, 2.24) is 9.96 Å². The van der Waals surface area contributed by atoms with E-state index in [-0.39, 0.29) is 24.8 Å². The molecule has 0 saturated carbocycles. The summed E-state index contributed by atoms with van der Waals surface area (Å²) in [4.78, 5) is 38.9. The monoisotopic (exact) mass is 489 g/mol. The minimum absolute atomic E-state index is 0.0168. The number of rotatable bonds is 7. The zero-order valence-corrected chi connectivity index (χ0v) is 20.9. The summed E-state index contributed by atoms with van der Waals surface area (Å²) in [6.45, 7) is 4.25. The first-order valence-electron chi connectivity index (χ1n) is 12.7. The van der Waals surface area contributed by atoms with Gasteiger partial charge < -0.3 is 16.4 Å². The molecule has 2 aromatic carbocycles. The first kappa shape index (κ1) is 25.4. The van der Waals surface area contributed by atoms with Crippen molar-refractivity contribution < 1.29 is 14.4 Å². The Balaban J connectivity index is 1.53. The molecule has 8 nitrogen and oxygen atoms in total. The van der Waals surface area contributed by atoms with Crippen LogP contribution in [0, 0.1) is 0 Å². The van der Waals surface area contributed by atoms with Gasteiger partial charge in [0.1, 0.15) is 12.4 Å². The predicted octanol–water partition coefficient (Wildman–Crippen LogP) is 4.43. The largest absolute Gasteiger partial charge is 0.399 e. The number of aliphatic imine (C=N–C) groups is 1. The standard InChI is InChI=1S/C28H35N5O3/c1-2-13-33(36-19-20-7-11-24(29)12-8-20)28(35)23-16-21-9-10-22(17-25(21)31-26(30)18-23)27(34)32-14-5-3-4-6-15-32/h7-12,16-17H,2-6,13-15,18-19,29H2,1H3,(H2,30,31). The van der Waals surface area contributed by atoms with Crippen LogP contribution in [0.3, 0.4) is 0 Å². The average molecular weight is 490 g/mol. The number of hydrogen-bond acceptors (Lipinski definition) is 6. The topological polar surface area (TPSA) is 114 Å². The summed E-state index contributed by atoms with van der Waals surface area (Å²) in [5, 5.41) is 1.39. The van der Waals surface area contributed by atoms with Crippen LogP contribution in [-0.4, -0.2) is 47.2 Å². The van der Waals surface area contributed by atoms with Gasteiger partial charge in [0.05, 0.1) is 5.69 Å². The molecule has 0 atom stereocenters. The van der Waals surface area contributed by atoms with Crippen molar-refractivity contribution in [2.24, 2.45) is 10.7 Å². The van der Waals surface area contributed by atoms with Crippen molar-refractivity contribution in [2.75, 3.05) is 25.4 Å². The number of anilines is 1. The van der Waals surface area contributed by atoms with Crippen LogP contribution in [-0.2, 0) is 16.2 Å². The number of nitrogens with zero attached hydrogens (tertiary/aromatic N) is 3. The highest BCUT2D eigenvalue weighted by Crippen LogP contribution is 2.29. The smallest absolute Gasteiger partial charge is 0.273 e. The fourth-order valence-electron chi connectivity index (χ4n) is 4.47. The molecule has 2 amide bonds. The Hall–Kier alpha value is -3.65. The number of carbonyl (C=O) groups excluding carboxylic acids is 2. The Labute approximate surface area is 212 Å². The van der Waals surface area contributed by atoms with E-state index >= 15 is 0 Å². The van der Waals surface area contributed by atoms with Crippen LogP contribution in [0.25, 0.3) is 6.08 Å². The fraction of sp³-hybridized carbons (Fsp3) is 0.393. The van der Waals surface area contributed by atoms with Gasteiger partial charge in [-0.05, 0) is 55.2 Å². The second-order valence-corrected chi connectivity index (χ2v) is 9.35. The van der Waals surface area contributed by atoms with Crippen LogP contribution < -0.4 is 11.5 Å². The van der Waals surface area contributed by atoms with Gasteiger partial charge in [0.15, 0.2) is 0 Å². The third-order valence-electron chi connectivity index (χ3n) is 6.43. The predicted molar refractivity (Wildman–Crippen MR) is 142 cm³/mol. The molecule has 2 aliphatic heterocycles. The molecule has 4 N–H and O–H groups in total. The second kappa shape index (κ2) is 11.9. The number of carbonyl (C=O) groups is 2. The van der Waals surface area contributed by atoms with Crippen molar-refractivity contribution in [3.8, 4) is 0 Å². The molecule has 36 heavy (non-hydrogen) atoms. The number of likely N-dealkylation sites (tertiary alicyclic amines) is 1. The van der Waals surface area contributed by atoms with Crippen LogP contribution in [0.1, 0.15) is 66.9 Å². The molecule has 0 radical (unpaired) electrons. The van der Waals surface area contributed by atoms with E-state index in [2.05, 4.69) is 4.99 Å². The van der Waals surface area contributed by atoms with Gasteiger partial charge >= 0.3 is 0 Å². The van der Waals surface area contributed by atoms with E-state index < -0.39 is 0 Å². The quantitative estimate of drug-likeness (QED) is 0.441. The first-order chi connectivity index (χ1) is 17.4. The second-order valence-electron chi connectivity index (χ2n) is 9.35. The van der Waals surface area contributed by atoms with Crippen molar-refractivity contribution in [3.05, 3.63) is 64.7 Å². The molecule has 2 aromatic rings. The van der Waals surface area contributed by atoms with Gasteiger partial charge in [-0.3, -0.25) is 14.4 Å². The first-order valence-corrected chi connectivity index (χ1v) is 12.7. The molecule has 1 fully saturated rings. The van der Waals surface area contributed by atoms with Crippen LogP contribution in [0.2, 0.25) is 0 Å². The molecule has 4 rings (SSSR count). The molecule has 0 unspecified atom stereocenters. The molecular weight excluding hydrogens is 454 g/mol. The Kier molecular flexibility index (Phi) is 8.38. The lowest BCUT2D eigenvalue weighted by molar-refractivity contribution is -0.187. The third kappa shape index (κ3) is 6.31. The maximum absolute atomic E-state index is 13.4. The van der Waals surface area contributed by atoms with E-state index in [1.165, 1.54) is 5.06 Å². The van der Waals surface area contributed by atoms with E-state index in [1.54, 1.807) is 24.3 Å². The maximum atomic E-state index is 13.4. The number of amides is 2. The van der Waals surface area contributed by atoms with Gasteiger partial charge in [0.2, 0.25) is 0 Å². The Morgan fingerprint density at radius 2 is 1.75 bits per heavy atom. The Morgan fingerprint density at radius 3 is 2.44 bits per heavy atom. The summed E-state index contributed by atoms with van der Waals surface area (Å²) in [6.07, 6.45) is 7.13. The number of fused-ring (bicyclic) bond motifs is 1. The number of benzene rings is 2. The number of amidine groups is 1. The molecule has 0 aliphatic carbocycles. The van der Waals surface area contributed by atoms with E-state index in [0.29, 0.717) is 34.9 Å². The molecule has 2 aliphatic rings. The van der Waals surface area contributed by atoms with Crippen LogP contribution in [0.4, 0.5) is 11.4 Å². The van der Waals surface area contributed by atoms with Gasteiger partial charge in [0.25, 0.3) is 11.8 Å². The highest BCUT2D eigenvalue weighted by molar-refractivity contribution is 6.05. The number of hydrogen-bond donors (Lipinski definition) is 2. The van der Waals surface area contributed by atoms with E-state index in [4.69, 9.17) is 16.3 Å². The summed E-state index contributed by atoms with van der Waals surface area (Å²) in [5.41, 5.74) is 16.0. The molecule has 0 spiro atoms. The summed E-state index contributed by atoms with van der Waals surface area (Å²) in [5.74, 6) is 0.0916. The molecule has 0 aromatic heterocycles. The van der Waals surface area contributed by atoms with Gasteiger partial charge in [-0.1, -0.05) is 38.0 Å². The summed E-state index contributed by atoms with van der Waals surface area (Å²) < 4.78 is 0. The summed E-state index contributed by atoms with van der Waals surface area (Å²) in [6, 6.07) is 12.8. The van der Waals surface area contributed by atoms with Gasteiger partial charge in [-0.15, -0.1) is 0 Å². The van der Waals surface area contributed by atoms with Crippen molar-refractivity contribution in [3.63, 3.8) is 0 Å². The van der Waals surface area contributed by atoms with Gasteiger partial charge in [-0.25, -0.2) is 10.1 Å². The lowest BCUT2D eigenvalue weighted by Gasteiger charge is -2.22. The molecule has 1 saturated heterocycles. The van der Waals surface area contributed by atoms with Crippen molar-refractivity contribution in [1.29, 1.82) is 0 Å². The highest BCUT2D eigenvalue weighted by atomic mass is 16.7. The summed E-state index contributed by atoms with van der Waals surface area (Å²) >= 11 is 0. The minimum Gasteiger partial charge on any atom is -0.399 e. The molecule has 8 heteroatoms. The minimum atomic E-state index is -0.247. The van der Waals surface area contributed by atoms with Crippen LogP contribution in [0.15, 0.2) is 53.0 Å².